The molecule has 2 heteroatoms. The summed E-state index contributed by atoms with van der Waals surface area (Å²) in [7, 11) is 2.06. The van der Waals surface area contributed by atoms with Crippen molar-refractivity contribution in [2.24, 2.45) is 5.92 Å². The van der Waals surface area contributed by atoms with Crippen molar-refractivity contribution >= 4 is 15.9 Å². The number of benzene rings is 1. The molecule has 0 aromatic heterocycles. The maximum atomic E-state index is 3.51. The molecule has 0 heterocycles. The average molecular weight is 296 g/mol. The fraction of sp³-hybridized carbons (Fsp3) is 0.600. The molecular formula is C15H22BrN. The van der Waals surface area contributed by atoms with Crippen LogP contribution >= 0.6 is 15.9 Å². The lowest BCUT2D eigenvalue weighted by Gasteiger charge is -2.21. The van der Waals surface area contributed by atoms with Gasteiger partial charge in [-0.3, -0.25) is 0 Å². The zero-order valence-electron chi connectivity index (χ0n) is 10.6. The third-order valence-electron chi connectivity index (χ3n) is 3.88. The summed E-state index contributed by atoms with van der Waals surface area (Å²) in [6.07, 6.45) is 7.12. The van der Waals surface area contributed by atoms with Gasteiger partial charge in [-0.05, 0) is 43.0 Å². The van der Waals surface area contributed by atoms with E-state index in [2.05, 4.69) is 52.6 Å². The van der Waals surface area contributed by atoms with Crippen molar-refractivity contribution in [2.75, 3.05) is 13.6 Å². The Morgan fingerprint density at radius 2 is 1.88 bits per heavy atom. The molecule has 1 aliphatic rings. The van der Waals surface area contributed by atoms with Crippen molar-refractivity contribution in [1.82, 2.24) is 5.32 Å². The van der Waals surface area contributed by atoms with Crippen molar-refractivity contribution in [3.63, 3.8) is 0 Å². The first-order valence-corrected chi connectivity index (χ1v) is 7.49. The Bertz CT molecular complexity index is 327. The van der Waals surface area contributed by atoms with Gasteiger partial charge in [-0.1, -0.05) is 53.7 Å². The Morgan fingerprint density at radius 3 is 2.47 bits per heavy atom. The van der Waals surface area contributed by atoms with Gasteiger partial charge < -0.3 is 5.32 Å². The van der Waals surface area contributed by atoms with E-state index in [-0.39, 0.29) is 0 Å². The summed E-state index contributed by atoms with van der Waals surface area (Å²) in [4.78, 5) is 0. The topological polar surface area (TPSA) is 12.0 Å². The first-order chi connectivity index (χ1) is 8.29. The van der Waals surface area contributed by atoms with Gasteiger partial charge in [-0.15, -0.1) is 0 Å². The summed E-state index contributed by atoms with van der Waals surface area (Å²) in [6, 6.07) is 8.85. The monoisotopic (exact) mass is 295 g/mol. The summed E-state index contributed by atoms with van der Waals surface area (Å²) in [5, 5.41) is 3.34. The van der Waals surface area contributed by atoms with Gasteiger partial charge in [-0.25, -0.2) is 0 Å². The zero-order valence-corrected chi connectivity index (χ0v) is 12.2. The maximum absolute atomic E-state index is 3.51. The second kappa shape index (κ2) is 6.55. The van der Waals surface area contributed by atoms with Crippen LogP contribution in [0.4, 0.5) is 0 Å². The SMILES string of the molecule is CNCC(CC1CCCC1)c1ccc(Br)cc1. The fourth-order valence-corrected chi connectivity index (χ4v) is 3.23. The second-order valence-electron chi connectivity index (χ2n) is 5.19. The molecule has 1 unspecified atom stereocenters. The van der Waals surface area contributed by atoms with Crippen molar-refractivity contribution in [1.29, 1.82) is 0 Å². The number of rotatable bonds is 5. The molecule has 0 amide bonds. The molecule has 1 fully saturated rings. The van der Waals surface area contributed by atoms with E-state index in [1.807, 2.05) is 0 Å². The number of hydrogen-bond donors (Lipinski definition) is 1. The van der Waals surface area contributed by atoms with Crippen LogP contribution in [0.2, 0.25) is 0 Å². The Labute approximate surface area is 113 Å². The number of nitrogens with one attached hydrogen (secondary N) is 1. The molecule has 1 nitrogen and oxygen atoms in total. The lowest BCUT2D eigenvalue weighted by molar-refractivity contribution is 0.435. The third kappa shape index (κ3) is 3.82. The molecule has 1 aromatic carbocycles. The van der Waals surface area contributed by atoms with Crippen LogP contribution in [0, 0.1) is 5.92 Å². The first-order valence-electron chi connectivity index (χ1n) is 6.69. The summed E-state index contributed by atoms with van der Waals surface area (Å²) in [5.74, 6) is 1.63. The largest absolute Gasteiger partial charge is 0.319 e. The van der Waals surface area contributed by atoms with E-state index in [0.717, 1.165) is 12.5 Å². The average Bonchev–Trinajstić information content (AvgIpc) is 2.82. The van der Waals surface area contributed by atoms with Gasteiger partial charge in [-0.2, -0.15) is 0 Å². The predicted octanol–water partition coefficient (Wildman–Crippen LogP) is 4.33. The Morgan fingerprint density at radius 1 is 1.24 bits per heavy atom. The molecule has 1 atom stereocenters. The summed E-state index contributed by atoms with van der Waals surface area (Å²) in [5.41, 5.74) is 1.48. The Hall–Kier alpha value is -0.340. The minimum Gasteiger partial charge on any atom is -0.319 e. The highest BCUT2D eigenvalue weighted by molar-refractivity contribution is 9.10. The highest BCUT2D eigenvalue weighted by atomic mass is 79.9. The molecule has 0 bridgehead atoms. The Balaban J connectivity index is 2.02. The van der Waals surface area contributed by atoms with Crippen LogP contribution in [0.1, 0.15) is 43.6 Å². The highest BCUT2D eigenvalue weighted by Gasteiger charge is 2.20. The van der Waals surface area contributed by atoms with Crippen LogP contribution in [0.3, 0.4) is 0 Å². The van der Waals surface area contributed by atoms with Crippen LogP contribution in [-0.4, -0.2) is 13.6 Å². The van der Waals surface area contributed by atoms with Crippen molar-refractivity contribution in [3.8, 4) is 0 Å². The van der Waals surface area contributed by atoms with Crippen LogP contribution < -0.4 is 5.32 Å². The standard InChI is InChI=1S/C15H22BrN/c1-17-11-14(10-12-4-2-3-5-12)13-6-8-15(16)9-7-13/h6-9,12,14,17H,2-5,10-11H2,1H3. The number of halogens is 1. The van der Waals surface area contributed by atoms with Crippen molar-refractivity contribution < 1.29 is 0 Å². The molecule has 1 saturated carbocycles. The molecule has 0 aliphatic heterocycles. The smallest absolute Gasteiger partial charge is 0.0175 e. The molecule has 0 saturated heterocycles. The fourth-order valence-electron chi connectivity index (χ4n) is 2.97. The van der Waals surface area contributed by atoms with Gasteiger partial charge in [0.1, 0.15) is 0 Å². The molecule has 0 radical (unpaired) electrons. The van der Waals surface area contributed by atoms with Gasteiger partial charge >= 0.3 is 0 Å². The lowest BCUT2D eigenvalue weighted by atomic mass is 9.88. The lowest BCUT2D eigenvalue weighted by Crippen LogP contribution is -2.19. The summed E-state index contributed by atoms with van der Waals surface area (Å²) in [6.45, 7) is 1.10. The number of hydrogen-bond acceptors (Lipinski definition) is 1. The summed E-state index contributed by atoms with van der Waals surface area (Å²) < 4.78 is 1.17. The first kappa shape index (κ1) is 13.1. The van der Waals surface area contributed by atoms with E-state index in [0.29, 0.717) is 5.92 Å². The minimum atomic E-state index is 0.677. The predicted molar refractivity (Wildman–Crippen MR) is 77.4 cm³/mol. The van der Waals surface area contributed by atoms with Crippen LogP contribution in [-0.2, 0) is 0 Å². The molecule has 0 spiro atoms. The van der Waals surface area contributed by atoms with Crippen molar-refractivity contribution in [3.05, 3.63) is 34.3 Å². The molecular weight excluding hydrogens is 274 g/mol. The zero-order chi connectivity index (χ0) is 12.1. The van der Waals surface area contributed by atoms with E-state index in [1.165, 1.54) is 42.1 Å². The molecule has 1 aliphatic carbocycles. The molecule has 2 rings (SSSR count). The van der Waals surface area contributed by atoms with Crippen LogP contribution in [0.25, 0.3) is 0 Å². The summed E-state index contributed by atoms with van der Waals surface area (Å²) >= 11 is 3.51. The highest BCUT2D eigenvalue weighted by Crippen LogP contribution is 2.34. The van der Waals surface area contributed by atoms with E-state index in [9.17, 15) is 0 Å². The van der Waals surface area contributed by atoms with Crippen molar-refractivity contribution in [2.45, 2.75) is 38.0 Å². The van der Waals surface area contributed by atoms with Gasteiger partial charge in [0.25, 0.3) is 0 Å². The van der Waals surface area contributed by atoms with E-state index in [4.69, 9.17) is 0 Å². The van der Waals surface area contributed by atoms with E-state index < -0.39 is 0 Å². The van der Waals surface area contributed by atoms with Gasteiger partial charge in [0.05, 0.1) is 0 Å². The molecule has 1 aromatic rings. The van der Waals surface area contributed by atoms with E-state index >= 15 is 0 Å². The quantitative estimate of drug-likeness (QED) is 0.852. The van der Waals surface area contributed by atoms with Crippen LogP contribution in [0.5, 0.6) is 0 Å². The van der Waals surface area contributed by atoms with Crippen LogP contribution in [0.15, 0.2) is 28.7 Å². The van der Waals surface area contributed by atoms with Gasteiger partial charge in [0, 0.05) is 11.0 Å². The maximum Gasteiger partial charge on any atom is 0.0175 e. The van der Waals surface area contributed by atoms with Gasteiger partial charge in [0.2, 0.25) is 0 Å². The Kier molecular flexibility index (Phi) is 5.05. The molecule has 1 N–H and O–H groups in total. The number of likely N-dealkylation sites (N-methyl/N-ethyl adjacent to an activating group) is 1. The molecule has 17 heavy (non-hydrogen) atoms. The van der Waals surface area contributed by atoms with Gasteiger partial charge in [0.15, 0.2) is 0 Å². The minimum absolute atomic E-state index is 0.677. The third-order valence-corrected chi connectivity index (χ3v) is 4.41. The van der Waals surface area contributed by atoms with E-state index in [1.54, 1.807) is 0 Å². The normalized spacial score (nSPS) is 18.5. The molecule has 94 valence electrons. The second-order valence-corrected chi connectivity index (χ2v) is 6.11.